The second-order valence-electron chi connectivity index (χ2n) is 7.01. The minimum absolute atomic E-state index is 0.445. The number of rotatable bonds is 10. The minimum Gasteiger partial charge on any atom is -0.507 e. The lowest BCUT2D eigenvalue weighted by molar-refractivity contribution is 0.267. The van der Waals surface area contributed by atoms with Gasteiger partial charge in [0, 0.05) is 50.4 Å². The summed E-state index contributed by atoms with van der Waals surface area (Å²) in [5, 5.41) is 10.6. The zero-order valence-electron chi connectivity index (χ0n) is 15.7. The quantitative estimate of drug-likeness (QED) is 0.704. The van der Waals surface area contributed by atoms with Crippen molar-refractivity contribution < 1.29 is 5.11 Å². The highest BCUT2D eigenvalue weighted by Gasteiger charge is 2.11. The zero-order chi connectivity index (χ0) is 17.4. The number of para-hydroxylation sites is 1. The molecule has 0 aliphatic rings. The number of benzene rings is 1. The second kappa shape index (κ2) is 9.88. The molecule has 23 heavy (non-hydrogen) atoms. The Labute approximate surface area is 142 Å². The first-order valence-corrected chi connectivity index (χ1v) is 8.26. The minimum atomic E-state index is 0.445. The van der Waals surface area contributed by atoms with E-state index in [1.54, 1.807) is 0 Å². The standard InChI is InChI=1S/C18H34N4O/c1-19(2)10-12-21(5)14-16-8-7-9-17(18(16)23)15-22(6)13-11-20(3)4/h7-9,23H,10-15H2,1-6H3. The van der Waals surface area contributed by atoms with Crippen LogP contribution in [0.15, 0.2) is 18.2 Å². The van der Waals surface area contributed by atoms with Crippen LogP contribution in [0.5, 0.6) is 5.75 Å². The van der Waals surface area contributed by atoms with Gasteiger partial charge in [-0.1, -0.05) is 18.2 Å². The Kier molecular flexibility index (Phi) is 8.55. The lowest BCUT2D eigenvalue weighted by atomic mass is 10.1. The van der Waals surface area contributed by atoms with Gasteiger partial charge in [-0.05, 0) is 42.3 Å². The number of likely N-dealkylation sites (N-methyl/N-ethyl adjacent to an activating group) is 4. The smallest absolute Gasteiger partial charge is 0.124 e. The summed E-state index contributed by atoms with van der Waals surface area (Å²) in [5.41, 5.74) is 2.01. The van der Waals surface area contributed by atoms with Gasteiger partial charge in [0.05, 0.1) is 0 Å². The summed E-state index contributed by atoms with van der Waals surface area (Å²) >= 11 is 0. The number of hydrogen-bond acceptors (Lipinski definition) is 5. The van der Waals surface area contributed by atoms with Crippen LogP contribution in [-0.4, -0.2) is 93.2 Å². The summed E-state index contributed by atoms with van der Waals surface area (Å²) in [5.74, 6) is 0.445. The Morgan fingerprint density at radius 2 is 1.09 bits per heavy atom. The Bertz CT molecular complexity index is 424. The van der Waals surface area contributed by atoms with E-state index in [-0.39, 0.29) is 0 Å². The molecule has 0 radical (unpaired) electrons. The molecule has 132 valence electrons. The molecule has 0 saturated heterocycles. The predicted octanol–water partition coefficient (Wildman–Crippen LogP) is 1.38. The van der Waals surface area contributed by atoms with Crippen molar-refractivity contribution >= 4 is 0 Å². The Balaban J connectivity index is 2.63. The van der Waals surface area contributed by atoms with Crippen LogP contribution >= 0.6 is 0 Å². The summed E-state index contributed by atoms with van der Waals surface area (Å²) in [6, 6.07) is 6.08. The van der Waals surface area contributed by atoms with E-state index in [0.29, 0.717) is 5.75 Å². The summed E-state index contributed by atoms with van der Waals surface area (Å²) in [4.78, 5) is 8.84. The van der Waals surface area contributed by atoms with Crippen LogP contribution < -0.4 is 0 Å². The SMILES string of the molecule is CN(C)CCN(C)Cc1cccc(CN(C)CCN(C)C)c1O. The van der Waals surface area contributed by atoms with Crippen molar-refractivity contribution in [2.75, 3.05) is 68.5 Å². The van der Waals surface area contributed by atoms with Crippen molar-refractivity contribution in [2.45, 2.75) is 13.1 Å². The molecule has 0 fully saturated rings. The Morgan fingerprint density at radius 3 is 1.43 bits per heavy atom. The molecule has 0 atom stereocenters. The summed E-state index contributed by atoms with van der Waals surface area (Å²) in [7, 11) is 12.5. The van der Waals surface area contributed by atoms with E-state index in [1.165, 1.54) is 0 Å². The molecule has 0 amide bonds. The van der Waals surface area contributed by atoms with Crippen LogP contribution in [0, 0.1) is 0 Å². The van der Waals surface area contributed by atoms with Gasteiger partial charge in [0.25, 0.3) is 0 Å². The van der Waals surface area contributed by atoms with E-state index in [2.05, 4.69) is 61.9 Å². The maximum Gasteiger partial charge on any atom is 0.124 e. The number of phenolic OH excluding ortho intramolecular Hbond substituents is 1. The topological polar surface area (TPSA) is 33.2 Å². The van der Waals surface area contributed by atoms with E-state index < -0.39 is 0 Å². The van der Waals surface area contributed by atoms with Gasteiger partial charge in [-0.25, -0.2) is 0 Å². The van der Waals surface area contributed by atoms with Crippen LogP contribution in [-0.2, 0) is 13.1 Å². The van der Waals surface area contributed by atoms with Gasteiger partial charge in [-0.15, -0.1) is 0 Å². The van der Waals surface area contributed by atoms with Crippen LogP contribution in [0.2, 0.25) is 0 Å². The highest BCUT2D eigenvalue weighted by atomic mass is 16.3. The zero-order valence-corrected chi connectivity index (χ0v) is 15.7. The van der Waals surface area contributed by atoms with Gasteiger partial charge in [-0.3, -0.25) is 0 Å². The lowest BCUT2D eigenvalue weighted by Crippen LogP contribution is -2.29. The first-order valence-electron chi connectivity index (χ1n) is 8.26. The fourth-order valence-corrected chi connectivity index (χ4v) is 2.38. The van der Waals surface area contributed by atoms with E-state index >= 15 is 0 Å². The van der Waals surface area contributed by atoms with Crippen molar-refractivity contribution in [1.29, 1.82) is 0 Å². The fraction of sp³-hybridized carbons (Fsp3) is 0.667. The molecule has 1 aromatic carbocycles. The van der Waals surface area contributed by atoms with Crippen molar-refractivity contribution in [3.8, 4) is 5.75 Å². The van der Waals surface area contributed by atoms with Gasteiger partial charge in [0.15, 0.2) is 0 Å². The number of nitrogens with zero attached hydrogens (tertiary/aromatic N) is 4. The highest BCUT2D eigenvalue weighted by Crippen LogP contribution is 2.24. The Morgan fingerprint density at radius 1 is 0.696 bits per heavy atom. The molecule has 0 aliphatic carbocycles. The number of hydrogen-bond donors (Lipinski definition) is 1. The third-order valence-electron chi connectivity index (χ3n) is 3.94. The third-order valence-corrected chi connectivity index (χ3v) is 3.94. The van der Waals surface area contributed by atoms with Gasteiger partial charge in [0.1, 0.15) is 5.75 Å². The molecule has 0 aromatic heterocycles. The number of phenols is 1. The van der Waals surface area contributed by atoms with E-state index in [9.17, 15) is 5.11 Å². The molecule has 1 N–H and O–H groups in total. The molecule has 1 aromatic rings. The molecule has 0 bridgehead atoms. The average molecular weight is 322 g/mol. The maximum absolute atomic E-state index is 10.6. The first-order chi connectivity index (χ1) is 10.8. The van der Waals surface area contributed by atoms with Crippen molar-refractivity contribution in [1.82, 2.24) is 19.6 Å². The third kappa shape index (κ3) is 7.79. The van der Waals surface area contributed by atoms with Crippen molar-refractivity contribution in [3.63, 3.8) is 0 Å². The summed E-state index contributed by atoms with van der Waals surface area (Å²) in [6.07, 6.45) is 0. The van der Waals surface area contributed by atoms with Crippen LogP contribution in [0.1, 0.15) is 11.1 Å². The normalized spacial score (nSPS) is 12.1. The number of aromatic hydroxyl groups is 1. The monoisotopic (exact) mass is 322 g/mol. The molecule has 0 spiro atoms. The molecule has 0 heterocycles. The molecule has 1 rings (SSSR count). The predicted molar refractivity (Wildman–Crippen MR) is 97.9 cm³/mol. The molecule has 0 unspecified atom stereocenters. The van der Waals surface area contributed by atoms with Gasteiger partial charge >= 0.3 is 0 Å². The van der Waals surface area contributed by atoms with Crippen LogP contribution in [0.3, 0.4) is 0 Å². The maximum atomic E-state index is 10.6. The Hall–Kier alpha value is -1.14. The van der Waals surface area contributed by atoms with Gasteiger partial charge in [-0.2, -0.15) is 0 Å². The first kappa shape index (κ1) is 19.9. The van der Waals surface area contributed by atoms with Crippen molar-refractivity contribution in [3.05, 3.63) is 29.3 Å². The summed E-state index contributed by atoms with van der Waals surface area (Å²) < 4.78 is 0. The molecule has 0 aliphatic heterocycles. The molecular weight excluding hydrogens is 288 g/mol. The van der Waals surface area contributed by atoms with Gasteiger partial charge < -0.3 is 24.7 Å². The van der Waals surface area contributed by atoms with E-state index in [4.69, 9.17) is 0 Å². The van der Waals surface area contributed by atoms with Crippen molar-refractivity contribution in [2.24, 2.45) is 0 Å². The molecular formula is C18H34N4O. The molecule has 5 nitrogen and oxygen atoms in total. The molecule has 0 saturated carbocycles. The fourth-order valence-electron chi connectivity index (χ4n) is 2.38. The molecule has 5 heteroatoms. The average Bonchev–Trinajstić information content (AvgIpc) is 2.47. The second-order valence-corrected chi connectivity index (χ2v) is 7.01. The summed E-state index contributed by atoms with van der Waals surface area (Å²) in [6.45, 7) is 5.55. The van der Waals surface area contributed by atoms with Crippen LogP contribution in [0.4, 0.5) is 0 Å². The van der Waals surface area contributed by atoms with Crippen LogP contribution in [0.25, 0.3) is 0 Å². The van der Waals surface area contributed by atoms with E-state index in [0.717, 1.165) is 50.4 Å². The van der Waals surface area contributed by atoms with Gasteiger partial charge in [0.2, 0.25) is 0 Å². The largest absolute Gasteiger partial charge is 0.507 e. The highest BCUT2D eigenvalue weighted by molar-refractivity contribution is 5.40. The lowest BCUT2D eigenvalue weighted by Gasteiger charge is -2.22. The van der Waals surface area contributed by atoms with E-state index in [1.807, 2.05) is 18.2 Å².